The summed E-state index contributed by atoms with van der Waals surface area (Å²) < 4.78 is 4.80. The molecular weight excluding hydrogens is 170 g/mol. The van der Waals surface area contributed by atoms with Gasteiger partial charge in [0.1, 0.15) is 6.61 Å². The van der Waals surface area contributed by atoms with Gasteiger partial charge in [0, 0.05) is 13.8 Å². The predicted octanol–water partition coefficient (Wildman–Crippen LogP) is 0.854. The van der Waals surface area contributed by atoms with Crippen LogP contribution in [0.3, 0.4) is 0 Å². The smallest absolute Gasteiger partial charge is 0.302 e. The number of carbonyl (C=O) groups is 2. The molecule has 1 N–H and O–H groups in total. The molecule has 0 aromatic heterocycles. The van der Waals surface area contributed by atoms with Crippen molar-refractivity contribution >= 4 is 11.9 Å². The Balaban J connectivity index is 3.79. The maximum absolute atomic E-state index is 10.7. The van der Waals surface area contributed by atoms with Gasteiger partial charge in [0.05, 0.1) is 6.04 Å². The minimum Gasteiger partial charge on any atom is -0.464 e. The van der Waals surface area contributed by atoms with Crippen molar-refractivity contribution in [3.63, 3.8) is 0 Å². The fourth-order valence-corrected chi connectivity index (χ4v) is 1.05. The Morgan fingerprint density at radius 2 is 2.00 bits per heavy atom. The maximum atomic E-state index is 10.7. The molecule has 0 aliphatic heterocycles. The first-order valence-electron chi connectivity index (χ1n) is 4.46. The standard InChI is InChI=1S/C9H17NO3/c1-4-5-9(10-7(2)11)6-13-8(3)12/h9H,4-6H2,1-3H3,(H,10,11). The lowest BCUT2D eigenvalue weighted by molar-refractivity contribution is -0.142. The van der Waals surface area contributed by atoms with E-state index in [0.717, 1.165) is 12.8 Å². The van der Waals surface area contributed by atoms with Crippen LogP contribution in [0.1, 0.15) is 33.6 Å². The maximum Gasteiger partial charge on any atom is 0.302 e. The van der Waals surface area contributed by atoms with E-state index >= 15 is 0 Å². The zero-order valence-corrected chi connectivity index (χ0v) is 8.42. The summed E-state index contributed by atoms with van der Waals surface area (Å²) in [5.41, 5.74) is 0. The average molecular weight is 187 g/mol. The number of carbonyl (C=O) groups excluding carboxylic acids is 2. The van der Waals surface area contributed by atoms with Crippen molar-refractivity contribution in [3.8, 4) is 0 Å². The van der Waals surface area contributed by atoms with Crippen molar-refractivity contribution in [1.82, 2.24) is 5.32 Å². The summed E-state index contributed by atoms with van der Waals surface area (Å²) >= 11 is 0. The summed E-state index contributed by atoms with van der Waals surface area (Å²) in [4.78, 5) is 21.2. The highest BCUT2D eigenvalue weighted by Crippen LogP contribution is 1.97. The monoisotopic (exact) mass is 187 g/mol. The van der Waals surface area contributed by atoms with E-state index in [1.165, 1.54) is 13.8 Å². The summed E-state index contributed by atoms with van der Waals surface area (Å²) in [6.45, 7) is 5.10. The van der Waals surface area contributed by atoms with Crippen molar-refractivity contribution in [2.24, 2.45) is 0 Å². The molecule has 76 valence electrons. The molecule has 1 unspecified atom stereocenters. The van der Waals surface area contributed by atoms with Gasteiger partial charge in [0.25, 0.3) is 0 Å². The fourth-order valence-electron chi connectivity index (χ4n) is 1.05. The van der Waals surface area contributed by atoms with E-state index in [4.69, 9.17) is 4.74 Å². The van der Waals surface area contributed by atoms with Crippen molar-refractivity contribution in [1.29, 1.82) is 0 Å². The van der Waals surface area contributed by atoms with Crippen LogP contribution in [0.15, 0.2) is 0 Å². The molecule has 1 atom stereocenters. The molecule has 0 aliphatic carbocycles. The van der Waals surface area contributed by atoms with Crippen molar-refractivity contribution in [2.45, 2.75) is 39.7 Å². The van der Waals surface area contributed by atoms with E-state index in [-0.39, 0.29) is 24.5 Å². The third-order valence-corrected chi connectivity index (χ3v) is 1.53. The first-order valence-corrected chi connectivity index (χ1v) is 4.46. The van der Waals surface area contributed by atoms with Crippen LogP contribution in [0.5, 0.6) is 0 Å². The van der Waals surface area contributed by atoms with E-state index in [2.05, 4.69) is 5.32 Å². The van der Waals surface area contributed by atoms with Gasteiger partial charge >= 0.3 is 5.97 Å². The lowest BCUT2D eigenvalue weighted by Crippen LogP contribution is -2.37. The van der Waals surface area contributed by atoms with E-state index in [1.807, 2.05) is 6.92 Å². The van der Waals surface area contributed by atoms with E-state index in [9.17, 15) is 9.59 Å². The number of nitrogens with one attached hydrogen (secondary N) is 1. The van der Waals surface area contributed by atoms with Crippen LogP contribution in [0.4, 0.5) is 0 Å². The molecule has 0 saturated heterocycles. The summed E-state index contributed by atoms with van der Waals surface area (Å²) in [5, 5.41) is 2.72. The Bertz CT molecular complexity index is 180. The molecule has 13 heavy (non-hydrogen) atoms. The summed E-state index contributed by atoms with van der Waals surface area (Å²) in [5.74, 6) is -0.406. The van der Waals surface area contributed by atoms with E-state index < -0.39 is 0 Å². The molecule has 4 nitrogen and oxygen atoms in total. The zero-order valence-electron chi connectivity index (χ0n) is 8.42. The van der Waals surface area contributed by atoms with Gasteiger partial charge in [-0.15, -0.1) is 0 Å². The van der Waals surface area contributed by atoms with Gasteiger partial charge in [-0.25, -0.2) is 0 Å². The normalized spacial score (nSPS) is 11.9. The van der Waals surface area contributed by atoms with Crippen LogP contribution in [0.25, 0.3) is 0 Å². The van der Waals surface area contributed by atoms with Gasteiger partial charge in [0.15, 0.2) is 0 Å². The molecule has 0 bridgehead atoms. The molecular formula is C9H17NO3. The largest absolute Gasteiger partial charge is 0.464 e. The van der Waals surface area contributed by atoms with Gasteiger partial charge in [-0.1, -0.05) is 13.3 Å². The Labute approximate surface area is 78.6 Å². The minimum absolute atomic E-state index is 0.0496. The van der Waals surface area contributed by atoms with Crippen LogP contribution in [0, 0.1) is 0 Å². The highest BCUT2D eigenvalue weighted by Gasteiger charge is 2.09. The van der Waals surface area contributed by atoms with Gasteiger partial charge in [-0.3, -0.25) is 9.59 Å². The van der Waals surface area contributed by atoms with Crippen molar-refractivity contribution in [3.05, 3.63) is 0 Å². The van der Waals surface area contributed by atoms with Gasteiger partial charge < -0.3 is 10.1 Å². The number of esters is 1. The first-order chi connectivity index (χ1) is 6.06. The van der Waals surface area contributed by atoms with Crippen LogP contribution in [-0.2, 0) is 14.3 Å². The summed E-state index contributed by atoms with van der Waals surface area (Å²) in [6, 6.07) is -0.0496. The number of hydrogen-bond donors (Lipinski definition) is 1. The third kappa shape index (κ3) is 7.31. The highest BCUT2D eigenvalue weighted by atomic mass is 16.5. The minimum atomic E-state index is -0.313. The molecule has 0 spiro atoms. The summed E-state index contributed by atoms with van der Waals surface area (Å²) in [6.07, 6.45) is 1.78. The van der Waals surface area contributed by atoms with Crippen LogP contribution in [-0.4, -0.2) is 24.5 Å². The second-order valence-corrected chi connectivity index (χ2v) is 2.99. The molecule has 0 fully saturated rings. The van der Waals surface area contributed by atoms with Crippen LogP contribution >= 0.6 is 0 Å². The summed E-state index contributed by atoms with van der Waals surface area (Å²) in [7, 11) is 0. The van der Waals surface area contributed by atoms with Crippen LogP contribution in [0.2, 0.25) is 0 Å². The van der Waals surface area contributed by atoms with Gasteiger partial charge in [-0.2, -0.15) is 0 Å². The Morgan fingerprint density at radius 3 is 2.38 bits per heavy atom. The van der Waals surface area contributed by atoms with Crippen LogP contribution < -0.4 is 5.32 Å². The lowest BCUT2D eigenvalue weighted by Gasteiger charge is -2.16. The Morgan fingerprint density at radius 1 is 1.38 bits per heavy atom. The predicted molar refractivity (Wildman–Crippen MR) is 49.1 cm³/mol. The van der Waals surface area contributed by atoms with E-state index in [0.29, 0.717) is 0 Å². The number of rotatable bonds is 5. The Hall–Kier alpha value is -1.06. The molecule has 0 aromatic rings. The third-order valence-electron chi connectivity index (χ3n) is 1.53. The van der Waals surface area contributed by atoms with Crippen molar-refractivity contribution < 1.29 is 14.3 Å². The second kappa shape index (κ2) is 6.46. The molecule has 0 radical (unpaired) electrons. The number of ether oxygens (including phenoxy) is 1. The quantitative estimate of drug-likeness (QED) is 0.649. The fraction of sp³-hybridized carbons (Fsp3) is 0.778. The highest BCUT2D eigenvalue weighted by molar-refractivity contribution is 5.73. The molecule has 0 saturated carbocycles. The first kappa shape index (κ1) is 11.9. The number of hydrogen-bond acceptors (Lipinski definition) is 3. The van der Waals surface area contributed by atoms with Crippen molar-refractivity contribution in [2.75, 3.05) is 6.61 Å². The number of amides is 1. The van der Waals surface area contributed by atoms with Gasteiger partial charge in [0.2, 0.25) is 5.91 Å². The lowest BCUT2D eigenvalue weighted by atomic mass is 10.2. The second-order valence-electron chi connectivity index (χ2n) is 2.99. The molecule has 0 aromatic carbocycles. The zero-order chi connectivity index (χ0) is 10.3. The topological polar surface area (TPSA) is 55.4 Å². The molecule has 0 aliphatic rings. The molecule has 1 amide bonds. The van der Waals surface area contributed by atoms with E-state index in [1.54, 1.807) is 0 Å². The molecule has 0 heterocycles. The van der Waals surface area contributed by atoms with Gasteiger partial charge in [-0.05, 0) is 6.42 Å². The average Bonchev–Trinajstić information content (AvgIpc) is 1.99. The Kier molecular flexibility index (Phi) is 5.93. The molecule has 4 heteroatoms. The SMILES string of the molecule is CCCC(COC(C)=O)NC(C)=O. The molecule has 0 rings (SSSR count).